The summed E-state index contributed by atoms with van der Waals surface area (Å²) in [5.41, 5.74) is 1.71. The van der Waals surface area contributed by atoms with E-state index >= 15 is 0 Å². The molecule has 110 valence electrons. The molecule has 1 aliphatic rings. The predicted octanol–water partition coefficient (Wildman–Crippen LogP) is 3.77. The van der Waals surface area contributed by atoms with Crippen LogP contribution in [0.4, 0.5) is 0 Å². The highest BCUT2D eigenvalue weighted by Gasteiger charge is 2.36. The van der Waals surface area contributed by atoms with E-state index in [1.54, 1.807) is 0 Å². The lowest BCUT2D eigenvalue weighted by Gasteiger charge is -2.47. The van der Waals surface area contributed by atoms with E-state index < -0.39 is 0 Å². The minimum Gasteiger partial charge on any atom is -0.308 e. The lowest BCUT2D eigenvalue weighted by Crippen LogP contribution is -2.60. The molecule has 0 amide bonds. The number of hydrogen-bond acceptors (Lipinski definition) is 2. The molecule has 1 unspecified atom stereocenters. The molecule has 1 aromatic rings. The summed E-state index contributed by atoms with van der Waals surface area (Å²) in [4.78, 5) is 2.62. The Labute approximate surface area is 123 Å². The minimum atomic E-state index is 0.285. The third-order valence-electron chi connectivity index (χ3n) is 4.73. The molecule has 1 aromatic carbocycles. The lowest BCUT2D eigenvalue weighted by atomic mass is 9.87. The summed E-state index contributed by atoms with van der Waals surface area (Å²) in [5.74, 6) is 0. The summed E-state index contributed by atoms with van der Waals surface area (Å²) in [6.07, 6.45) is 6.82. The van der Waals surface area contributed by atoms with Crippen LogP contribution >= 0.6 is 0 Å². The molecular formula is C18H28N2. The first-order chi connectivity index (χ1) is 9.74. The zero-order valence-electron chi connectivity index (χ0n) is 13.1. The normalized spacial score (nSPS) is 23.2. The fourth-order valence-electron chi connectivity index (χ4n) is 3.16. The number of allylic oxidation sites excluding steroid dienone is 1. The van der Waals surface area contributed by atoms with Gasteiger partial charge in [-0.15, -0.1) is 0 Å². The van der Waals surface area contributed by atoms with E-state index in [0.29, 0.717) is 6.04 Å². The van der Waals surface area contributed by atoms with Crippen molar-refractivity contribution in [3.63, 3.8) is 0 Å². The summed E-state index contributed by atoms with van der Waals surface area (Å²) in [5, 5.41) is 3.82. The molecule has 0 aliphatic carbocycles. The monoisotopic (exact) mass is 272 g/mol. The summed E-state index contributed by atoms with van der Waals surface area (Å²) < 4.78 is 0. The average Bonchev–Trinajstić information content (AvgIpc) is 2.53. The van der Waals surface area contributed by atoms with Gasteiger partial charge in [0.25, 0.3) is 0 Å². The molecule has 0 radical (unpaired) electrons. The van der Waals surface area contributed by atoms with E-state index in [4.69, 9.17) is 0 Å². The highest BCUT2D eigenvalue weighted by atomic mass is 15.2. The van der Waals surface area contributed by atoms with Crippen molar-refractivity contribution < 1.29 is 0 Å². The zero-order valence-corrected chi connectivity index (χ0v) is 13.1. The second kappa shape index (κ2) is 7.05. The van der Waals surface area contributed by atoms with E-state index in [1.807, 2.05) is 0 Å². The van der Waals surface area contributed by atoms with Gasteiger partial charge in [0.15, 0.2) is 0 Å². The van der Waals surface area contributed by atoms with Crippen LogP contribution in [0.25, 0.3) is 0 Å². The Balaban J connectivity index is 2.20. The Hall–Kier alpha value is -1.12. The van der Waals surface area contributed by atoms with Gasteiger partial charge < -0.3 is 5.32 Å². The van der Waals surface area contributed by atoms with Gasteiger partial charge in [-0.1, -0.05) is 56.3 Å². The Kier molecular flexibility index (Phi) is 5.38. The van der Waals surface area contributed by atoms with Crippen molar-refractivity contribution >= 4 is 0 Å². The largest absolute Gasteiger partial charge is 0.308 e. The number of piperazine rings is 1. The molecular weight excluding hydrogens is 244 g/mol. The van der Waals surface area contributed by atoms with E-state index in [9.17, 15) is 0 Å². The van der Waals surface area contributed by atoms with Crippen molar-refractivity contribution in [1.29, 1.82) is 0 Å². The summed E-state index contributed by atoms with van der Waals surface area (Å²) >= 11 is 0. The average molecular weight is 272 g/mol. The van der Waals surface area contributed by atoms with Crippen LogP contribution in [0.2, 0.25) is 0 Å². The Morgan fingerprint density at radius 3 is 2.55 bits per heavy atom. The quantitative estimate of drug-likeness (QED) is 0.821. The van der Waals surface area contributed by atoms with Gasteiger partial charge in [0.05, 0.1) is 0 Å². The Morgan fingerprint density at radius 1 is 1.25 bits per heavy atom. The van der Waals surface area contributed by atoms with Crippen LogP contribution in [0, 0.1) is 0 Å². The maximum absolute atomic E-state index is 3.82. The van der Waals surface area contributed by atoms with Crippen LogP contribution in [-0.2, 0) is 0 Å². The molecule has 20 heavy (non-hydrogen) atoms. The van der Waals surface area contributed by atoms with E-state index in [-0.39, 0.29) is 5.54 Å². The molecule has 2 nitrogen and oxygen atoms in total. The second-order valence-electron chi connectivity index (χ2n) is 5.79. The van der Waals surface area contributed by atoms with E-state index in [1.165, 1.54) is 18.4 Å². The predicted molar refractivity (Wildman–Crippen MR) is 86.9 cm³/mol. The molecule has 1 saturated heterocycles. The number of nitrogens with zero attached hydrogens (tertiary/aromatic N) is 1. The summed E-state index contributed by atoms with van der Waals surface area (Å²) in [6.45, 7) is 9.92. The Bertz CT molecular complexity index is 420. The first-order valence-electron chi connectivity index (χ1n) is 7.90. The number of nitrogens with one attached hydrogen (secondary N) is 1. The fraction of sp³-hybridized carbons (Fsp3) is 0.556. The van der Waals surface area contributed by atoms with Gasteiger partial charge in [0.2, 0.25) is 0 Å². The highest BCUT2D eigenvalue weighted by molar-refractivity contribution is 5.21. The summed E-state index contributed by atoms with van der Waals surface area (Å²) in [7, 11) is 0. The van der Waals surface area contributed by atoms with Crippen molar-refractivity contribution in [2.75, 3.05) is 19.6 Å². The molecule has 1 heterocycles. The molecule has 1 N–H and O–H groups in total. The van der Waals surface area contributed by atoms with Gasteiger partial charge in [-0.05, 0) is 25.3 Å². The number of rotatable bonds is 5. The van der Waals surface area contributed by atoms with Crippen molar-refractivity contribution in [1.82, 2.24) is 10.2 Å². The van der Waals surface area contributed by atoms with E-state index in [0.717, 1.165) is 19.6 Å². The SMILES string of the molecule is C/C=C/CN1CC(CC)(CC)NCC1c1ccccc1. The van der Waals surface area contributed by atoms with Gasteiger partial charge in [0, 0.05) is 31.2 Å². The van der Waals surface area contributed by atoms with Crippen molar-refractivity contribution in [3.05, 3.63) is 48.0 Å². The fourth-order valence-corrected chi connectivity index (χ4v) is 3.16. The van der Waals surface area contributed by atoms with Crippen LogP contribution in [0.1, 0.15) is 45.2 Å². The Morgan fingerprint density at radius 2 is 1.95 bits per heavy atom. The standard InChI is InChI=1S/C18H28N2/c1-4-7-13-20-15-18(5-2,6-3)19-14-17(20)16-11-9-8-10-12-16/h4,7-12,17,19H,5-6,13-15H2,1-3H3/b7-4+. The molecule has 0 spiro atoms. The van der Waals surface area contributed by atoms with Crippen LogP contribution in [0.3, 0.4) is 0 Å². The highest BCUT2D eigenvalue weighted by Crippen LogP contribution is 2.30. The maximum atomic E-state index is 3.82. The first kappa shape index (κ1) is 15.3. The van der Waals surface area contributed by atoms with Crippen LogP contribution < -0.4 is 5.32 Å². The molecule has 2 rings (SSSR count). The smallest absolute Gasteiger partial charge is 0.0476 e. The van der Waals surface area contributed by atoms with Crippen LogP contribution in [0.5, 0.6) is 0 Å². The topological polar surface area (TPSA) is 15.3 Å². The molecule has 2 heteroatoms. The lowest BCUT2D eigenvalue weighted by molar-refractivity contribution is 0.0827. The van der Waals surface area contributed by atoms with Crippen molar-refractivity contribution in [3.8, 4) is 0 Å². The maximum Gasteiger partial charge on any atom is 0.0476 e. The number of benzene rings is 1. The van der Waals surface area contributed by atoms with Gasteiger partial charge in [0.1, 0.15) is 0 Å². The first-order valence-corrected chi connectivity index (χ1v) is 7.90. The molecule has 0 bridgehead atoms. The van der Waals surface area contributed by atoms with Gasteiger partial charge in [-0.25, -0.2) is 0 Å². The van der Waals surface area contributed by atoms with Crippen molar-refractivity contribution in [2.24, 2.45) is 0 Å². The minimum absolute atomic E-state index is 0.285. The molecule has 1 fully saturated rings. The molecule has 1 aliphatic heterocycles. The third-order valence-corrected chi connectivity index (χ3v) is 4.73. The van der Waals surface area contributed by atoms with Gasteiger partial charge in [-0.3, -0.25) is 4.90 Å². The second-order valence-corrected chi connectivity index (χ2v) is 5.79. The van der Waals surface area contributed by atoms with E-state index in [2.05, 4.69) is 73.5 Å². The van der Waals surface area contributed by atoms with Crippen LogP contribution in [-0.4, -0.2) is 30.1 Å². The van der Waals surface area contributed by atoms with Gasteiger partial charge >= 0.3 is 0 Å². The van der Waals surface area contributed by atoms with Crippen molar-refractivity contribution in [2.45, 2.75) is 45.2 Å². The summed E-state index contributed by atoms with van der Waals surface area (Å²) in [6, 6.07) is 11.4. The molecule has 1 atom stereocenters. The zero-order chi connectivity index (χ0) is 14.4. The molecule has 0 aromatic heterocycles. The van der Waals surface area contributed by atoms with Crippen LogP contribution in [0.15, 0.2) is 42.5 Å². The van der Waals surface area contributed by atoms with Gasteiger partial charge in [-0.2, -0.15) is 0 Å². The number of hydrogen-bond donors (Lipinski definition) is 1. The molecule has 0 saturated carbocycles. The third kappa shape index (κ3) is 3.31.